The van der Waals surface area contributed by atoms with Crippen molar-refractivity contribution in [1.82, 2.24) is 9.78 Å². The Hall–Kier alpha value is -1.40. The molecule has 0 radical (unpaired) electrons. The van der Waals surface area contributed by atoms with Crippen LogP contribution in [-0.4, -0.2) is 47.7 Å². The Morgan fingerprint density at radius 3 is 3.10 bits per heavy atom. The van der Waals surface area contributed by atoms with E-state index in [-0.39, 0.29) is 24.7 Å². The van der Waals surface area contributed by atoms with E-state index in [0.29, 0.717) is 12.6 Å². The van der Waals surface area contributed by atoms with Crippen molar-refractivity contribution in [2.75, 3.05) is 24.7 Å². The monoisotopic (exact) mass is 293 g/mol. The number of fused-ring (bicyclic) bond motifs is 1. The van der Waals surface area contributed by atoms with Gasteiger partial charge in [0.05, 0.1) is 24.9 Å². The molecule has 0 aliphatic carbocycles. The number of amides is 1. The van der Waals surface area contributed by atoms with E-state index >= 15 is 0 Å². The van der Waals surface area contributed by atoms with Crippen LogP contribution in [0.5, 0.6) is 0 Å². The van der Waals surface area contributed by atoms with Crippen LogP contribution < -0.4 is 4.90 Å². The van der Waals surface area contributed by atoms with Crippen molar-refractivity contribution in [3.63, 3.8) is 0 Å². The standard InChI is InChI=1S/C15H23N3O3/c1-11-8-12(2)18-14(5-6-16-18)17(11)15(19)10-20-9-13-4-3-7-21-13/h5-6,11-13H,3-4,7-10H2,1-2H3. The Labute approximate surface area is 125 Å². The highest BCUT2D eigenvalue weighted by molar-refractivity contribution is 5.94. The van der Waals surface area contributed by atoms with Crippen LogP contribution in [0.2, 0.25) is 0 Å². The van der Waals surface area contributed by atoms with Crippen molar-refractivity contribution >= 4 is 11.7 Å². The van der Waals surface area contributed by atoms with Gasteiger partial charge in [0, 0.05) is 18.7 Å². The van der Waals surface area contributed by atoms with E-state index in [1.54, 1.807) is 6.20 Å². The summed E-state index contributed by atoms with van der Waals surface area (Å²) in [6, 6.07) is 2.38. The minimum Gasteiger partial charge on any atom is -0.376 e. The van der Waals surface area contributed by atoms with Crippen LogP contribution in [0.4, 0.5) is 5.82 Å². The van der Waals surface area contributed by atoms with Gasteiger partial charge in [0.1, 0.15) is 12.4 Å². The SMILES string of the molecule is CC1CC(C)n2nccc2N1C(=O)COCC1CCCO1. The molecule has 3 atom stereocenters. The topological polar surface area (TPSA) is 56.6 Å². The highest BCUT2D eigenvalue weighted by Crippen LogP contribution is 2.31. The Kier molecular flexibility index (Phi) is 4.26. The van der Waals surface area contributed by atoms with Gasteiger partial charge in [-0.3, -0.25) is 9.69 Å². The van der Waals surface area contributed by atoms with Crippen molar-refractivity contribution in [2.45, 2.75) is 51.3 Å². The van der Waals surface area contributed by atoms with Gasteiger partial charge in [-0.25, -0.2) is 4.68 Å². The number of carbonyl (C=O) groups excluding carboxylic acids is 1. The summed E-state index contributed by atoms with van der Waals surface area (Å²) in [6.45, 7) is 5.61. The molecule has 0 spiro atoms. The fourth-order valence-electron chi connectivity index (χ4n) is 3.26. The molecule has 0 aromatic carbocycles. The second-order valence-corrected chi connectivity index (χ2v) is 5.98. The molecule has 3 unspecified atom stereocenters. The Morgan fingerprint density at radius 1 is 1.48 bits per heavy atom. The van der Waals surface area contributed by atoms with Gasteiger partial charge in [0.25, 0.3) is 5.91 Å². The maximum absolute atomic E-state index is 12.5. The third-order valence-electron chi connectivity index (χ3n) is 4.26. The van der Waals surface area contributed by atoms with Gasteiger partial charge in [0.15, 0.2) is 0 Å². The van der Waals surface area contributed by atoms with Crippen molar-refractivity contribution < 1.29 is 14.3 Å². The van der Waals surface area contributed by atoms with Crippen LogP contribution in [0.1, 0.15) is 39.2 Å². The number of anilines is 1. The van der Waals surface area contributed by atoms with E-state index in [4.69, 9.17) is 9.47 Å². The summed E-state index contributed by atoms with van der Waals surface area (Å²) in [5.41, 5.74) is 0. The lowest BCUT2D eigenvalue weighted by molar-refractivity contribution is -0.125. The number of rotatable bonds is 4. The molecule has 3 heterocycles. The quantitative estimate of drug-likeness (QED) is 0.849. The normalized spacial score (nSPS) is 28.7. The average Bonchev–Trinajstić information content (AvgIpc) is 3.09. The number of hydrogen-bond donors (Lipinski definition) is 0. The molecule has 0 N–H and O–H groups in total. The van der Waals surface area contributed by atoms with Gasteiger partial charge < -0.3 is 9.47 Å². The van der Waals surface area contributed by atoms with Crippen LogP contribution in [-0.2, 0) is 14.3 Å². The molecule has 6 nitrogen and oxygen atoms in total. The molecule has 6 heteroatoms. The molecule has 3 rings (SSSR count). The molecular weight excluding hydrogens is 270 g/mol. The van der Waals surface area contributed by atoms with E-state index in [0.717, 1.165) is 31.7 Å². The highest BCUT2D eigenvalue weighted by Gasteiger charge is 2.32. The largest absolute Gasteiger partial charge is 0.376 e. The van der Waals surface area contributed by atoms with Crippen LogP contribution in [0.25, 0.3) is 0 Å². The molecule has 1 aromatic heterocycles. The second-order valence-electron chi connectivity index (χ2n) is 5.98. The molecule has 21 heavy (non-hydrogen) atoms. The number of aromatic nitrogens is 2. The third-order valence-corrected chi connectivity index (χ3v) is 4.26. The van der Waals surface area contributed by atoms with Gasteiger partial charge in [-0.05, 0) is 33.1 Å². The van der Waals surface area contributed by atoms with Crippen LogP contribution >= 0.6 is 0 Å². The fourth-order valence-corrected chi connectivity index (χ4v) is 3.26. The number of hydrogen-bond acceptors (Lipinski definition) is 4. The van der Waals surface area contributed by atoms with Crippen molar-refractivity contribution in [3.05, 3.63) is 12.3 Å². The zero-order valence-corrected chi connectivity index (χ0v) is 12.7. The van der Waals surface area contributed by atoms with Gasteiger partial charge >= 0.3 is 0 Å². The predicted octanol–water partition coefficient (Wildman–Crippen LogP) is 1.76. The van der Waals surface area contributed by atoms with Gasteiger partial charge in [-0.1, -0.05) is 0 Å². The summed E-state index contributed by atoms with van der Waals surface area (Å²) >= 11 is 0. The summed E-state index contributed by atoms with van der Waals surface area (Å²) in [6.07, 6.45) is 4.92. The molecule has 2 aliphatic rings. The molecule has 1 amide bonds. The average molecular weight is 293 g/mol. The molecule has 1 aromatic rings. The minimum atomic E-state index is -0.00542. The lowest BCUT2D eigenvalue weighted by Gasteiger charge is -2.36. The van der Waals surface area contributed by atoms with E-state index < -0.39 is 0 Å². The summed E-state index contributed by atoms with van der Waals surface area (Å²) < 4.78 is 13.0. The zero-order chi connectivity index (χ0) is 14.8. The van der Waals surface area contributed by atoms with Crippen LogP contribution in [0, 0.1) is 0 Å². The number of carbonyl (C=O) groups is 1. The molecule has 2 aliphatic heterocycles. The van der Waals surface area contributed by atoms with Gasteiger partial charge in [0.2, 0.25) is 0 Å². The second kappa shape index (κ2) is 6.15. The molecule has 116 valence electrons. The van der Waals surface area contributed by atoms with E-state index in [9.17, 15) is 4.79 Å². The summed E-state index contributed by atoms with van der Waals surface area (Å²) in [4.78, 5) is 14.3. The van der Waals surface area contributed by atoms with Crippen LogP contribution in [0.15, 0.2) is 12.3 Å². The van der Waals surface area contributed by atoms with Crippen molar-refractivity contribution in [2.24, 2.45) is 0 Å². The summed E-state index contributed by atoms with van der Waals surface area (Å²) in [5, 5.41) is 4.31. The van der Waals surface area contributed by atoms with E-state index in [1.807, 2.05) is 15.6 Å². The first-order chi connectivity index (χ1) is 10.2. The van der Waals surface area contributed by atoms with Crippen LogP contribution in [0.3, 0.4) is 0 Å². The maximum Gasteiger partial charge on any atom is 0.254 e. The van der Waals surface area contributed by atoms with E-state index in [2.05, 4.69) is 18.9 Å². The fraction of sp³-hybridized carbons (Fsp3) is 0.733. The smallest absolute Gasteiger partial charge is 0.254 e. The number of ether oxygens (including phenoxy) is 2. The molecule has 0 bridgehead atoms. The Morgan fingerprint density at radius 2 is 2.33 bits per heavy atom. The molecule has 1 saturated heterocycles. The van der Waals surface area contributed by atoms with Crippen molar-refractivity contribution in [3.8, 4) is 0 Å². The maximum atomic E-state index is 12.5. The van der Waals surface area contributed by atoms with Gasteiger partial charge in [-0.15, -0.1) is 0 Å². The Bertz CT molecular complexity index is 496. The lowest BCUT2D eigenvalue weighted by atomic mass is 10.1. The van der Waals surface area contributed by atoms with Gasteiger partial charge in [-0.2, -0.15) is 5.10 Å². The van der Waals surface area contributed by atoms with E-state index in [1.165, 1.54) is 0 Å². The highest BCUT2D eigenvalue weighted by atomic mass is 16.5. The minimum absolute atomic E-state index is 0.00542. The molecule has 1 fully saturated rings. The number of nitrogens with zero attached hydrogens (tertiary/aromatic N) is 3. The third kappa shape index (κ3) is 2.96. The lowest BCUT2D eigenvalue weighted by Crippen LogP contribution is -2.46. The first kappa shape index (κ1) is 14.5. The predicted molar refractivity (Wildman–Crippen MR) is 78.3 cm³/mol. The first-order valence-electron chi connectivity index (χ1n) is 7.71. The summed E-state index contributed by atoms with van der Waals surface area (Å²) in [5.74, 6) is 0.862. The van der Waals surface area contributed by atoms with Crippen molar-refractivity contribution in [1.29, 1.82) is 0 Å². The first-order valence-corrected chi connectivity index (χ1v) is 7.71. The molecular formula is C15H23N3O3. The zero-order valence-electron chi connectivity index (χ0n) is 12.7. The summed E-state index contributed by atoms with van der Waals surface area (Å²) in [7, 11) is 0. The molecule has 0 saturated carbocycles. The Balaban J connectivity index is 1.60.